The predicted molar refractivity (Wildman–Crippen MR) is 84.4 cm³/mol. The number of rotatable bonds is 5. The standard InChI is InChI=1S/C18H30N2O/c1-14(2)13-20(11-5-10-19)18(21)17-9-8-15-6-3-4-7-16(15)12-17/h14-17H,3-9,11-13H2,1-2H3. The highest BCUT2D eigenvalue weighted by atomic mass is 16.2. The van der Waals surface area contributed by atoms with E-state index in [4.69, 9.17) is 5.26 Å². The molecule has 0 radical (unpaired) electrons. The molecule has 0 bridgehead atoms. The molecule has 2 aliphatic carbocycles. The van der Waals surface area contributed by atoms with E-state index >= 15 is 0 Å². The van der Waals surface area contributed by atoms with Gasteiger partial charge in [-0.25, -0.2) is 0 Å². The fraction of sp³-hybridized carbons (Fsp3) is 0.889. The first-order valence-electron chi connectivity index (χ1n) is 8.77. The van der Waals surface area contributed by atoms with Gasteiger partial charge in [0, 0.05) is 19.0 Å². The Labute approximate surface area is 129 Å². The monoisotopic (exact) mass is 290 g/mol. The topological polar surface area (TPSA) is 44.1 Å². The molecule has 21 heavy (non-hydrogen) atoms. The van der Waals surface area contributed by atoms with Crippen molar-refractivity contribution < 1.29 is 4.79 Å². The summed E-state index contributed by atoms with van der Waals surface area (Å²) >= 11 is 0. The third-order valence-electron chi connectivity index (χ3n) is 5.28. The smallest absolute Gasteiger partial charge is 0.225 e. The molecule has 3 atom stereocenters. The third kappa shape index (κ3) is 4.46. The zero-order chi connectivity index (χ0) is 15.2. The van der Waals surface area contributed by atoms with Crippen molar-refractivity contribution in [2.24, 2.45) is 23.7 Å². The first kappa shape index (κ1) is 16.3. The molecule has 0 aromatic rings. The fourth-order valence-corrected chi connectivity index (χ4v) is 4.27. The van der Waals surface area contributed by atoms with Crippen LogP contribution in [0.5, 0.6) is 0 Å². The molecule has 1 amide bonds. The molecule has 2 saturated carbocycles. The van der Waals surface area contributed by atoms with Crippen LogP contribution in [0.1, 0.15) is 65.2 Å². The second-order valence-electron chi connectivity index (χ2n) is 7.40. The maximum Gasteiger partial charge on any atom is 0.225 e. The SMILES string of the molecule is CC(C)CN(CCC#N)C(=O)C1CCC2CCCCC2C1. The lowest BCUT2D eigenvalue weighted by Gasteiger charge is -2.40. The molecule has 0 N–H and O–H groups in total. The molecule has 3 unspecified atom stereocenters. The lowest BCUT2D eigenvalue weighted by Crippen LogP contribution is -2.42. The van der Waals surface area contributed by atoms with Crippen molar-refractivity contribution >= 4 is 5.91 Å². The van der Waals surface area contributed by atoms with E-state index in [1.165, 1.54) is 32.1 Å². The van der Waals surface area contributed by atoms with Gasteiger partial charge in [0.15, 0.2) is 0 Å². The second-order valence-corrected chi connectivity index (χ2v) is 7.40. The van der Waals surface area contributed by atoms with Crippen LogP contribution in [0.2, 0.25) is 0 Å². The van der Waals surface area contributed by atoms with Crippen LogP contribution in [0.15, 0.2) is 0 Å². The van der Waals surface area contributed by atoms with Gasteiger partial charge >= 0.3 is 0 Å². The van der Waals surface area contributed by atoms with Crippen LogP contribution in [-0.2, 0) is 4.79 Å². The van der Waals surface area contributed by atoms with E-state index in [1.54, 1.807) is 0 Å². The van der Waals surface area contributed by atoms with Gasteiger partial charge in [-0.15, -0.1) is 0 Å². The maximum absolute atomic E-state index is 12.8. The summed E-state index contributed by atoms with van der Waals surface area (Å²) in [6.07, 6.45) is 9.33. The van der Waals surface area contributed by atoms with Gasteiger partial charge in [0.1, 0.15) is 0 Å². The first-order chi connectivity index (χ1) is 10.1. The first-order valence-corrected chi connectivity index (χ1v) is 8.77. The molecule has 0 aliphatic heterocycles. The van der Waals surface area contributed by atoms with E-state index in [1.807, 2.05) is 4.90 Å². The Morgan fingerprint density at radius 2 is 1.90 bits per heavy atom. The number of hydrogen-bond acceptors (Lipinski definition) is 2. The van der Waals surface area contributed by atoms with Gasteiger partial charge in [-0.05, 0) is 37.0 Å². The molecular formula is C18H30N2O. The molecular weight excluding hydrogens is 260 g/mol. The van der Waals surface area contributed by atoms with Gasteiger partial charge in [-0.3, -0.25) is 4.79 Å². The maximum atomic E-state index is 12.8. The largest absolute Gasteiger partial charge is 0.341 e. The second kappa shape index (κ2) is 7.82. The molecule has 118 valence electrons. The van der Waals surface area contributed by atoms with Crippen LogP contribution in [-0.4, -0.2) is 23.9 Å². The molecule has 3 nitrogen and oxygen atoms in total. The number of nitrogens with zero attached hydrogens (tertiary/aromatic N) is 2. The molecule has 0 heterocycles. The van der Waals surface area contributed by atoms with Gasteiger partial charge in [-0.2, -0.15) is 5.26 Å². The summed E-state index contributed by atoms with van der Waals surface area (Å²) in [6.45, 7) is 5.69. The Morgan fingerprint density at radius 1 is 1.19 bits per heavy atom. The van der Waals surface area contributed by atoms with E-state index in [9.17, 15) is 4.79 Å². The van der Waals surface area contributed by atoms with Crippen molar-refractivity contribution in [3.05, 3.63) is 0 Å². The van der Waals surface area contributed by atoms with Crippen LogP contribution < -0.4 is 0 Å². The summed E-state index contributed by atoms with van der Waals surface area (Å²) in [5.74, 6) is 2.70. The highest BCUT2D eigenvalue weighted by Gasteiger charge is 2.36. The number of carbonyl (C=O) groups is 1. The average Bonchev–Trinajstić information content (AvgIpc) is 2.50. The van der Waals surface area contributed by atoms with Gasteiger partial charge < -0.3 is 4.90 Å². The summed E-state index contributed by atoms with van der Waals surface area (Å²) in [4.78, 5) is 14.8. The highest BCUT2D eigenvalue weighted by molar-refractivity contribution is 5.79. The van der Waals surface area contributed by atoms with E-state index in [2.05, 4.69) is 19.9 Å². The summed E-state index contributed by atoms with van der Waals surface area (Å²) in [5, 5.41) is 8.81. The zero-order valence-electron chi connectivity index (χ0n) is 13.7. The number of fused-ring (bicyclic) bond motifs is 1. The molecule has 2 aliphatic rings. The highest BCUT2D eigenvalue weighted by Crippen LogP contribution is 2.43. The Kier molecular flexibility index (Phi) is 6.08. The molecule has 0 aromatic heterocycles. The summed E-state index contributed by atoms with van der Waals surface area (Å²) in [7, 11) is 0. The zero-order valence-corrected chi connectivity index (χ0v) is 13.7. The third-order valence-corrected chi connectivity index (χ3v) is 5.28. The normalized spacial score (nSPS) is 28.8. The Morgan fingerprint density at radius 3 is 2.57 bits per heavy atom. The molecule has 0 spiro atoms. The van der Waals surface area contributed by atoms with Gasteiger partial charge in [-0.1, -0.05) is 39.5 Å². The van der Waals surface area contributed by atoms with E-state index in [-0.39, 0.29) is 5.92 Å². The minimum absolute atomic E-state index is 0.224. The average molecular weight is 290 g/mol. The number of carbonyl (C=O) groups excluding carboxylic acids is 1. The van der Waals surface area contributed by atoms with Crippen molar-refractivity contribution in [2.75, 3.05) is 13.1 Å². The Balaban J connectivity index is 1.94. The van der Waals surface area contributed by atoms with E-state index < -0.39 is 0 Å². The minimum Gasteiger partial charge on any atom is -0.341 e. The molecule has 3 heteroatoms. The van der Waals surface area contributed by atoms with Gasteiger partial charge in [0.25, 0.3) is 0 Å². The number of amides is 1. The summed E-state index contributed by atoms with van der Waals surface area (Å²) in [5.41, 5.74) is 0. The quantitative estimate of drug-likeness (QED) is 0.768. The van der Waals surface area contributed by atoms with Crippen molar-refractivity contribution in [2.45, 2.75) is 65.2 Å². The van der Waals surface area contributed by atoms with Crippen molar-refractivity contribution in [1.29, 1.82) is 5.26 Å². The van der Waals surface area contributed by atoms with E-state index in [0.717, 1.165) is 31.2 Å². The molecule has 0 aromatic carbocycles. The Bertz CT molecular complexity index is 385. The fourth-order valence-electron chi connectivity index (χ4n) is 4.27. The van der Waals surface area contributed by atoms with Crippen LogP contribution in [0, 0.1) is 35.0 Å². The van der Waals surface area contributed by atoms with Gasteiger partial charge in [0.05, 0.1) is 12.5 Å². The summed E-state index contributed by atoms with van der Waals surface area (Å²) < 4.78 is 0. The van der Waals surface area contributed by atoms with Crippen LogP contribution in [0.25, 0.3) is 0 Å². The van der Waals surface area contributed by atoms with Crippen molar-refractivity contribution in [1.82, 2.24) is 4.90 Å². The molecule has 2 rings (SSSR count). The Hall–Kier alpha value is -1.04. The van der Waals surface area contributed by atoms with Crippen molar-refractivity contribution in [3.8, 4) is 6.07 Å². The summed E-state index contributed by atoms with van der Waals surface area (Å²) in [6, 6.07) is 2.18. The van der Waals surface area contributed by atoms with Crippen LogP contribution in [0.3, 0.4) is 0 Å². The van der Waals surface area contributed by atoms with Crippen LogP contribution >= 0.6 is 0 Å². The predicted octanol–water partition coefficient (Wildman–Crippen LogP) is 3.99. The van der Waals surface area contributed by atoms with Crippen molar-refractivity contribution in [3.63, 3.8) is 0 Å². The van der Waals surface area contributed by atoms with Gasteiger partial charge in [0.2, 0.25) is 5.91 Å². The molecule has 2 fully saturated rings. The lowest BCUT2D eigenvalue weighted by molar-refractivity contribution is -0.138. The minimum atomic E-state index is 0.224. The number of nitriles is 1. The van der Waals surface area contributed by atoms with E-state index in [0.29, 0.717) is 24.8 Å². The lowest BCUT2D eigenvalue weighted by atomic mass is 9.67. The number of hydrogen-bond donors (Lipinski definition) is 0. The molecule has 0 saturated heterocycles. The van der Waals surface area contributed by atoms with Crippen LogP contribution in [0.4, 0.5) is 0 Å².